The number of carbonyl (C=O) groups is 1. The van der Waals surface area contributed by atoms with Gasteiger partial charge in [0.25, 0.3) is 5.91 Å². The molecule has 1 amide bonds. The molecule has 6 nitrogen and oxygen atoms in total. The van der Waals surface area contributed by atoms with E-state index in [1.165, 1.54) is 0 Å². The minimum atomic E-state index is -0.149. The first-order valence-corrected chi connectivity index (χ1v) is 9.89. The van der Waals surface area contributed by atoms with Crippen LogP contribution < -0.4 is 14.8 Å². The van der Waals surface area contributed by atoms with Crippen molar-refractivity contribution >= 4 is 17.2 Å². The molecule has 2 aromatic heterocycles. The fourth-order valence-corrected chi connectivity index (χ4v) is 3.28. The summed E-state index contributed by atoms with van der Waals surface area (Å²) in [4.78, 5) is 12.4. The lowest BCUT2D eigenvalue weighted by Crippen LogP contribution is -2.27. The fourth-order valence-electron chi connectivity index (χ4n) is 2.63. The van der Waals surface area contributed by atoms with Crippen LogP contribution >= 0.6 is 11.3 Å². The molecule has 0 bridgehead atoms. The zero-order valence-electron chi connectivity index (χ0n) is 15.5. The zero-order chi connectivity index (χ0) is 19.1. The van der Waals surface area contributed by atoms with E-state index in [-0.39, 0.29) is 5.91 Å². The smallest absolute Gasteiger partial charge is 0.251 e. The van der Waals surface area contributed by atoms with Gasteiger partial charge in [0, 0.05) is 29.2 Å². The largest absolute Gasteiger partial charge is 0.490 e. The number of ether oxygens (including phenoxy) is 2. The third-order valence-electron chi connectivity index (χ3n) is 3.89. The maximum Gasteiger partial charge on any atom is 0.251 e. The molecular weight excluding hydrogens is 362 g/mol. The van der Waals surface area contributed by atoms with Gasteiger partial charge in [0.1, 0.15) is 0 Å². The van der Waals surface area contributed by atoms with E-state index in [2.05, 4.69) is 15.8 Å². The first kappa shape index (κ1) is 19.0. The molecule has 0 saturated heterocycles. The van der Waals surface area contributed by atoms with Gasteiger partial charge in [0.2, 0.25) is 0 Å². The predicted molar refractivity (Wildman–Crippen MR) is 107 cm³/mol. The van der Waals surface area contributed by atoms with Crippen LogP contribution in [0.1, 0.15) is 24.2 Å². The molecule has 0 unspecified atom stereocenters. The van der Waals surface area contributed by atoms with Gasteiger partial charge in [0.15, 0.2) is 11.5 Å². The number of carbonyl (C=O) groups excluding carboxylic acids is 1. The number of rotatable bonds is 9. The number of benzene rings is 1. The van der Waals surface area contributed by atoms with Crippen molar-refractivity contribution in [2.24, 2.45) is 0 Å². The van der Waals surface area contributed by atoms with Crippen LogP contribution in [-0.2, 0) is 6.54 Å². The van der Waals surface area contributed by atoms with Crippen LogP contribution in [0.25, 0.3) is 11.3 Å². The Hall–Kier alpha value is -2.80. The van der Waals surface area contributed by atoms with E-state index in [9.17, 15) is 4.79 Å². The van der Waals surface area contributed by atoms with Crippen molar-refractivity contribution < 1.29 is 14.3 Å². The van der Waals surface area contributed by atoms with Crippen molar-refractivity contribution in [3.8, 4) is 22.8 Å². The van der Waals surface area contributed by atoms with Gasteiger partial charge in [-0.05, 0) is 49.6 Å². The summed E-state index contributed by atoms with van der Waals surface area (Å²) < 4.78 is 12.9. The molecule has 2 heterocycles. The summed E-state index contributed by atoms with van der Waals surface area (Å²) >= 11 is 1.65. The van der Waals surface area contributed by atoms with Crippen molar-refractivity contribution in [1.29, 1.82) is 0 Å². The molecule has 7 heteroatoms. The second-order valence-electron chi connectivity index (χ2n) is 5.76. The number of thiophene rings is 1. The van der Waals surface area contributed by atoms with E-state index >= 15 is 0 Å². The molecule has 27 heavy (non-hydrogen) atoms. The Morgan fingerprint density at radius 2 is 1.96 bits per heavy atom. The second-order valence-corrected chi connectivity index (χ2v) is 6.54. The lowest BCUT2D eigenvalue weighted by atomic mass is 10.2. The average molecular weight is 385 g/mol. The van der Waals surface area contributed by atoms with Crippen LogP contribution in [0.3, 0.4) is 0 Å². The Bertz CT molecular complexity index is 874. The third kappa shape index (κ3) is 4.89. The van der Waals surface area contributed by atoms with Gasteiger partial charge in [-0.2, -0.15) is 16.4 Å². The highest BCUT2D eigenvalue weighted by Crippen LogP contribution is 2.28. The molecule has 1 aromatic carbocycles. The molecule has 0 radical (unpaired) electrons. The first-order chi connectivity index (χ1) is 13.2. The van der Waals surface area contributed by atoms with Crippen molar-refractivity contribution in [3.05, 3.63) is 52.9 Å². The van der Waals surface area contributed by atoms with Gasteiger partial charge in [0.05, 0.1) is 25.5 Å². The molecule has 0 aliphatic rings. The number of hydrogen-bond acceptors (Lipinski definition) is 5. The minimum Gasteiger partial charge on any atom is -0.490 e. The van der Waals surface area contributed by atoms with Crippen molar-refractivity contribution in [1.82, 2.24) is 15.1 Å². The van der Waals surface area contributed by atoms with Gasteiger partial charge in [-0.25, -0.2) is 0 Å². The number of nitrogens with one attached hydrogen (secondary N) is 1. The SMILES string of the molecule is CCOc1ccc(C(=O)NCCn2ccc(-c3ccsc3)n2)cc1OCC. The number of nitrogens with zero attached hydrogens (tertiary/aromatic N) is 2. The number of aromatic nitrogens is 2. The van der Waals surface area contributed by atoms with E-state index in [1.807, 2.05) is 42.2 Å². The van der Waals surface area contributed by atoms with E-state index in [0.717, 1.165) is 11.3 Å². The standard InChI is InChI=1S/C20H23N3O3S/c1-3-25-18-6-5-15(13-19(18)26-4-2)20(24)21-9-11-23-10-7-17(22-23)16-8-12-27-14-16/h5-8,10,12-14H,3-4,9,11H2,1-2H3,(H,21,24). The summed E-state index contributed by atoms with van der Waals surface area (Å²) in [6.45, 7) is 5.96. The van der Waals surface area contributed by atoms with Gasteiger partial charge >= 0.3 is 0 Å². The summed E-state index contributed by atoms with van der Waals surface area (Å²) in [5.41, 5.74) is 2.59. The van der Waals surface area contributed by atoms with Crippen molar-refractivity contribution in [2.75, 3.05) is 19.8 Å². The molecule has 0 spiro atoms. The van der Waals surface area contributed by atoms with Crippen LogP contribution in [-0.4, -0.2) is 35.4 Å². The van der Waals surface area contributed by atoms with Crippen LogP contribution in [0.15, 0.2) is 47.3 Å². The number of hydrogen-bond donors (Lipinski definition) is 1. The maximum atomic E-state index is 12.4. The van der Waals surface area contributed by atoms with Gasteiger partial charge < -0.3 is 14.8 Å². The van der Waals surface area contributed by atoms with Crippen molar-refractivity contribution in [2.45, 2.75) is 20.4 Å². The molecule has 142 valence electrons. The average Bonchev–Trinajstić information content (AvgIpc) is 3.35. The highest BCUT2D eigenvalue weighted by atomic mass is 32.1. The topological polar surface area (TPSA) is 65.4 Å². The van der Waals surface area contributed by atoms with E-state index in [4.69, 9.17) is 9.47 Å². The lowest BCUT2D eigenvalue weighted by molar-refractivity contribution is 0.0951. The quantitative estimate of drug-likeness (QED) is 0.608. The van der Waals surface area contributed by atoms with Crippen LogP contribution in [0.5, 0.6) is 11.5 Å². The fraction of sp³-hybridized carbons (Fsp3) is 0.300. The van der Waals surface area contributed by atoms with Crippen LogP contribution in [0.4, 0.5) is 0 Å². The molecule has 0 aliphatic heterocycles. The van der Waals surface area contributed by atoms with E-state index in [0.29, 0.717) is 43.4 Å². The first-order valence-electron chi connectivity index (χ1n) is 8.95. The Morgan fingerprint density at radius 3 is 2.70 bits per heavy atom. The van der Waals surface area contributed by atoms with E-state index in [1.54, 1.807) is 29.5 Å². The Morgan fingerprint density at radius 1 is 1.15 bits per heavy atom. The third-order valence-corrected chi connectivity index (χ3v) is 4.57. The number of amides is 1. The van der Waals surface area contributed by atoms with Crippen molar-refractivity contribution in [3.63, 3.8) is 0 Å². The molecule has 0 fully saturated rings. The highest BCUT2D eigenvalue weighted by molar-refractivity contribution is 7.08. The monoisotopic (exact) mass is 385 g/mol. The molecule has 0 saturated carbocycles. The molecule has 0 aliphatic carbocycles. The maximum absolute atomic E-state index is 12.4. The predicted octanol–water partition coefficient (Wildman–Crippen LogP) is 3.84. The summed E-state index contributed by atoms with van der Waals surface area (Å²) in [5, 5.41) is 11.5. The second kappa shape index (κ2) is 9.23. The Labute approximate surface area is 162 Å². The normalized spacial score (nSPS) is 10.6. The summed E-state index contributed by atoms with van der Waals surface area (Å²) in [6, 6.07) is 9.24. The molecule has 3 aromatic rings. The van der Waals surface area contributed by atoms with Crippen LogP contribution in [0.2, 0.25) is 0 Å². The molecule has 0 atom stereocenters. The zero-order valence-corrected chi connectivity index (χ0v) is 16.3. The highest BCUT2D eigenvalue weighted by Gasteiger charge is 2.11. The van der Waals surface area contributed by atoms with Gasteiger partial charge in [-0.3, -0.25) is 9.48 Å². The minimum absolute atomic E-state index is 0.149. The lowest BCUT2D eigenvalue weighted by Gasteiger charge is -2.12. The Balaban J connectivity index is 1.57. The molecule has 1 N–H and O–H groups in total. The van der Waals surface area contributed by atoms with Crippen LogP contribution in [0, 0.1) is 0 Å². The molecule has 3 rings (SSSR count). The summed E-state index contributed by atoms with van der Waals surface area (Å²) in [5.74, 6) is 1.08. The molecular formula is C20H23N3O3S. The Kier molecular flexibility index (Phi) is 6.49. The summed E-state index contributed by atoms with van der Waals surface area (Å²) in [7, 11) is 0. The van der Waals surface area contributed by atoms with Gasteiger partial charge in [-0.1, -0.05) is 0 Å². The van der Waals surface area contributed by atoms with E-state index < -0.39 is 0 Å². The summed E-state index contributed by atoms with van der Waals surface area (Å²) in [6.07, 6.45) is 1.92. The van der Waals surface area contributed by atoms with Gasteiger partial charge in [-0.15, -0.1) is 0 Å².